The fraction of sp³-hybridized carbons (Fsp3) is 0.385. The number of carboxylic acid groups (broad SMARTS) is 1. The molecule has 37 heavy (non-hydrogen) atoms. The molecule has 0 heterocycles. The lowest BCUT2D eigenvalue weighted by molar-refractivity contribution is -0.118. The van der Waals surface area contributed by atoms with Crippen LogP contribution in [0.4, 0.5) is 15.3 Å². The van der Waals surface area contributed by atoms with Gasteiger partial charge in [-0.15, -0.1) is 0 Å². The van der Waals surface area contributed by atoms with Gasteiger partial charge in [-0.3, -0.25) is 4.79 Å². The molecule has 2 rings (SSSR count). The van der Waals surface area contributed by atoms with Crippen molar-refractivity contribution in [1.82, 2.24) is 10.6 Å². The molecule has 2 aromatic carbocycles. The van der Waals surface area contributed by atoms with E-state index < -0.39 is 41.5 Å². The molecule has 0 saturated carbocycles. The normalized spacial score (nSPS) is 11.6. The molecule has 0 unspecified atom stereocenters. The summed E-state index contributed by atoms with van der Waals surface area (Å²) in [6.45, 7) is 5.51. The van der Waals surface area contributed by atoms with Gasteiger partial charge >= 0.3 is 18.2 Å². The van der Waals surface area contributed by atoms with Crippen LogP contribution in [0.1, 0.15) is 56.0 Å². The number of anilines is 1. The van der Waals surface area contributed by atoms with Crippen molar-refractivity contribution >= 4 is 29.8 Å². The maximum absolute atomic E-state index is 12.9. The van der Waals surface area contributed by atoms with Crippen LogP contribution in [0.5, 0.6) is 5.75 Å². The summed E-state index contributed by atoms with van der Waals surface area (Å²) >= 11 is 0. The summed E-state index contributed by atoms with van der Waals surface area (Å²) in [5.41, 5.74) is -0.148. The predicted molar refractivity (Wildman–Crippen MR) is 135 cm³/mol. The standard InChI is InChI=1S/C26H33N3O8/c1-26(2,3)37-25(35)29-20(22(31)28-18-12-13-21(30)19(15-18)23(32)33)11-7-8-14-27-24(34)36-16-17-9-5-4-6-10-17/h4-6,9-10,12-13,15,20,30H,7-8,11,14,16H2,1-3H3,(H,27,34)(H,28,31)(H,29,35)(H,32,33)/t20-/m0/s1. The lowest BCUT2D eigenvalue weighted by atomic mass is 10.1. The van der Waals surface area contributed by atoms with Crippen LogP contribution in [0.3, 0.4) is 0 Å². The Morgan fingerprint density at radius 1 is 0.973 bits per heavy atom. The summed E-state index contributed by atoms with van der Waals surface area (Å²) in [4.78, 5) is 48.3. The molecule has 0 aliphatic heterocycles. The number of rotatable bonds is 11. The molecule has 1 atom stereocenters. The monoisotopic (exact) mass is 515 g/mol. The third-order valence-electron chi connectivity index (χ3n) is 4.90. The van der Waals surface area contributed by atoms with E-state index in [-0.39, 0.29) is 24.3 Å². The summed E-state index contributed by atoms with van der Waals surface area (Å²) in [7, 11) is 0. The van der Waals surface area contributed by atoms with Crippen LogP contribution in [0.2, 0.25) is 0 Å². The lowest BCUT2D eigenvalue weighted by Crippen LogP contribution is -2.45. The predicted octanol–water partition coefficient (Wildman–Crippen LogP) is 4.02. The zero-order valence-electron chi connectivity index (χ0n) is 21.1. The number of amides is 3. The third-order valence-corrected chi connectivity index (χ3v) is 4.90. The summed E-state index contributed by atoms with van der Waals surface area (Å²) in [5, 5.41) is 26.6. The first kappa shape index (κ1) is 29.0. The number of carbonyl (C=O) groups is 4. The number of aromatic carboxylic acids is 1. The topological polar surface area (TPSA) is 163 Å². The zero-order chi connectivity index (χ0) is 27.4. The molecule has 11 heteroatoms. The van der Waals surface area contributed by atoms with Crippen molar-refractivity contribution < 1.29 is 38.9 Å². The Hall–Kier alpha value is -4.28. The van der Waals surface area contributed by atoms with E-state index in [1.54, 1.807) is 20.8 Å². The largest absolute Gasteiger partial charge is 0.507 e. The second-order valence-electron chi connectivity index (χ2n) is 9.21. The number of hydrogen-bond donors (Lipinski definition) is 5. The molecule has 11 nitrogen and oxygen atoms in total. The minimum atomic E-state index is -1.35. The van der Waals surface area contributed by atoms with E-state index in [0.717, 1.165) is 17.7 Å². The highest BCUT2D eigenvalue weighted by molar-refractivity contribution is 5.98. The Morgan fingerprint density at radius 2 is 1.68 bits per heavy atom. The first-order valence-electron chi connectivity index (χ1n) is 11.8. The number of hydrogen-bond acceptors (Lipinski definition) is 7. The summed E-state index contributed by atoms with van der Waals surface area (Å²) in [5.74, 6) is -2.39. The van der Waals surface area contributed by atoms with Crippen LogP contribution in [-0.2, 0) is 20.9 Å². The van der Waals surface area contributed by atoms with Gasteiger partial charge in [-0.05, 0) is 63.8 Å². The van der Waals surface area contributed by atoms with Crippen molar-refractivity contribution in [3.63, 3.8) is 0 Å². The second-order valence-corrected chi connectivity index (χ2v) is 9.21. The molecular formula is C26H33N3O8. The maximum atomic E-state index is 12.9. The molecule has 2 aromatic rings. The van der Waals surface area contributed by atoms with Crippen LogP contribution < -0.4 is 16.0 Å². The number of carboxylic acids is 1. The van der Waals surface area contributed by atoms with Gasteiger partial charge in [0.15, 0.2) is 0 Å². The summed E-state index contributed by atoms with van der Waals surface area (Å²) in [6, 6.07) is 11.9. The fourth-order valence-electron chi connectivity index (χ4n) is 3.17. The lowest BCUT2D eigenvalue weighted by Gasteiger charge is -2.23. The van der Waals surface area contributed by atoms with Crippen LogP contribution in [-0.4, -0.2) is 52.5 Å². The Balaban J connectivity index is 1.90. The molecule has 0 aromatic heterocycles. The van der Waals surface area contributed by atoms with E-state index in [1.807, 2.05) is 30.3 Å². The van der Waals surface area contributed by atoms with E-state index >= 15 is 0 Å². The Labute approximate surface area is 215 Å². The average Bonchev–Trinajstić information content (AvgIpc) is 2.82. The van der Waals surface area contributed by atoms with Crippen LogP contribution in [0.25, 0.3) is 0 Å². The molecule has 200 valence electrons. The van der Waals surface area contributed by atoms with Crippen molar-refractivity contribution in [2.24, 2.45) is 0 Å². The Kier molecular flexibility index (Phi) is 10.7. The van der Waals surface area contributed by atoms with Gasteiger partial charge in [0.05, 0.1) is 0 Å². The molecule has 0 radical (unpaired) electrons. The van der Waals surface area contributed by atoms with E-state index in [2.05, 4.69) is 16.0 Å². The van der Waals surface area contributed by atoms with Crippen molar-refractivity contribution in [2.75, 3.05) is 11.9 Å². The Bertz CT molecular complexity index is 1080. The molecule has 0 aliphatic rings. The highest BCUT2D eigenvalue weighted by atomic mass is 16.6. The summed E-state index contributed by atoms with van der Waals surface area (Å²) < 4.78 is 10.4. The van der Waals surface area contributed by atoms with E-state index in [1.165, 1.54) is 6.07 Å². The first-order valence-corrected chi connectivity index (χ1v) is 11.8. The molecular weight excluding hydrogens is 482 g/mol. The van der Waals surface area contributed by atoms with Gasteiger partial charge in [-0.2, -0.15) is 0 Å². The van der Waals surface area contributed by atoms with Gasteiger partial charge in [0, 0.05) is 12.2 Å². The van der Waals surface area contributed by atoms with Crippen molar-refractivity contribution in [2.45, 2.75) is 58.3 Å². The van der Waals surface area contributed by atoms with Crippen molar-refractivity contribution in [3.8, 4) is 5.75 Å². The minimum absolute atomic E-state index is 0.138. The number of nitrogens with one attached hydrogen (secondary N) is 3. The molecule has 0 saturated heterocycles. The van der Waals surface area contributed by atoms with Gasteiger partial charge < -0.3 is 35.6 Å². The second kappa shape index (κ2) is 13.7. The number of carbonyl (C=O) groups excluding carboxylic acids is 3. The van der Waals surface area contributed by atoms with Gasteiger partial charge in [-0.25, -0.2) is 14.4 Å². The highest BCUT2D eigenvalue weighted by Crippen LogP contribution is 2.22. The van der Waals surface area contributed by atoms with Crippen LogP contribution in [0, 0.1) is 0 Å². The van der Waals surface area contributed by atoms with Gasteiger partial charge in [-0.1, -0.05) is 30.3 Å². The number of benzene rings is 2. The SMILES string of the molecule is CC(C)(C)OC(=O)N[C@@H](CCCCNC(=O)OCc1ccccc1)C(=O)Nc1ccc(O)c(C(=O)O)c1. The van der Waals surface area contributed by atoms with Crippen LogP contribution in [0.15, 0.2) is 48.5 Å². The molecule has 0 spiro atoms. The highest BCUT2D eigenvalue weighted by Gasteiger charge is 2.24. The smallest absolute Gasteiger partial charge is 0.408 e. The maximum Gasteiger partial charge on any atom is 0.408 e. The fourth-order valence-corrected chi connectivity index (χ4v) is 3.17. The zero-order valence-corrected chi connectivity index (χ0v) is 21.1. The number of aromatic hydroxyl groups is 1. The molecule has 0 aliphatic carbocycles. The number of ether oxygens (including phenoxy) is 2. The number of phenols is 1. The molecule has 0 fully saturated rings. The van der Waals surface area contributed by atoms with Crippen molar-refractivity contribution in [3.05, 3.63) is 59.7 Å². The number of alkyl carbamates (subject to hydrolysis) is 2. The molecule has 5 N–H and O–H groups in total. The Morgan fingerprint density at radius 3 is 2.32 bits per heavy atom. The quantitative estimate of drug-likeness (QED) is 0.221. The van der Waals surface area contributed by atoms with Crippen molar-refractivity contribution in [1.29, 1.82) is 0 Å². The molecule has 0 bridgehead atoms. The van der Waals surface area contributed by atoms with Gasteiger partial charge in [0.2, 0.25) is 5.91 Å². The summed E-state index contributed by atoms with van der Waals surface area (Å²) in [6.07, 6.45) is -0.167. The third kappa shape index (κ3) is 10.9. The van der Waals surface area contributed by atoms with E-state index in [4.69, 9.17) is 9.47 Å². The number of unbranched alkanes of at least 4 members (excludes halogenated alkanes) is 1. The first-order chi connectivity index (χ1) is 17.4. The van der Waals surface area contributed by atoms with Gasteiger partial charge in [0.1, 0.15) is 29.6 Å². The van der Waals surface area contributed by atoms with E-state index in [9.17, 15) is 29.4 Å². The van der Waals surface area contributed by atoms with E-state index in [0.29, 0.717) is 19.4 Å². The van der Waals surface area contributed by atoms with Crippen LogP contribution >= 0.6 is 0 Å². The molecule has 3 amide bonds. The van der Waals surface area contributed by atoms with Gasteiger partial charge in [0.25, 0.3) is 0 Å². The average molecular weight is 516 g/mol. The minimum Gasteiger partial charge on any atom is -0.507 e.